The number of phenols is 1. The molecular weight excluding hydrogens is 426 g/mol. The van der Waals surface area contributed by atoms with Gasteiger partial charge in [0.25, 0.3) is 0 Å². The van der Waals surface area contributed by atoms with Gasteiger partial charge in [0.15, 0.2) is 0 Å². The van der Waals surface area contributed by atoms with Crippen LogP contribution < -0.4 is 0 Å². The number of phenolic OH excluding ortho intramolecular Hbond substituents is 1. The maximum absolute atomic E-state index is 10.1. The number of pyridine rings is 1. The van der Waals surface area contributed by atoms with Gasteiger partial charge >= 0.3 is 0 Å². The monoisotopic (exact) mass is 449 g/mol. The van der Waals surface area contributed by atoms with Gasteiger partial charge in [-0.1, -0.05) is 103 Å². The minimum Gasteiger partial charge on any atom is -0.508 e. The van der Waals surface area contributed by atoms with E-state index in [1.54, 1.807) is 12.1 Å². The summed E-state index contributed by atoms with van der Waals surface area (Å²) in [4.78, 5) is 5.00. The van der Waals surface area contributed by atoms with E-state index in [4.69, 9.17) is 4.98 Å². The molecule has 0 aliphatic rings. The fourth-order valence-electron chi connectivity index (χ4n) is 4.49. The molecule has 0 saturated carbocycles. The molecule has 6 rings (SSSR count). The van der Waals surface area contributed by atoms with Crippen LogP contribution in [0.2, 0.25) is 0 Å². The van der Waals surface area contributed by atoms with E-state index < -0.39 is 0 Å². The van der Waals surface area contributed by atoms with Crippen molar-refractivity contribution >= 4 is 10.8 Å². The van der Waals surface area contributed by atoms with Gasteiger partial charge in [0.05, 0.1) is 11.4 Å². The van der Waals surface area contributed by atoms with Gasteiger partial charge in [-0.3, -0.25) is 0 Å². The minimum atomic E-state index is 0.231. The van der Waals surface area contributed by atoms with Crippen molar-refractivity contribution in [2.24, 2.45) is 0 Å². The molecule has 6 aromatic rings. The smallest absolute Gasteiger partial charge is 0.116 e. The van der Waals surface area contributed by atoms with Crippen molar-refractivity contribution in [2.45, 2.75) is 0 Å². The molecule has 0 radical (unpaired) electrons. The van der Waals surface area contributed by atoms with E-state index in [1.807, 2.05) is 18.2 Å². The fraction of sp³-hybridized carbons (Fsp3) is 0. The van der Waals surface area contributed by atoms with Crippen LogP contribution >= 0.6 is 0 Å². The second kappa shape index (κ2) is 8.92. The first-order valence-corrected chi connectivity index (χ1v) is 11.7. The van der Waals surface area contributed by atoms with Crippen LogP contribution in [0.15, 0.2) is 133 Å². The molecule has 1 aromatic heterocycles. The third-order valence-electron chi connectivity index (χ3n) is 6.34. The van der Waals surface area contributed by atoms with Crippen LogP contribution in [-0.4, -0.2) is 10.1 Å². The molecule has 0 bridgehead atoms. The van der Waals surface area contributed by atoms with Crippen molar-refractivity contribution in [3.8, 4) is 50.5 Å². The van der Waals surface area contributed by atoms with Crippen LogP contribution in [0.3, 0.4) is 0 Å². The zero-order chi connectivity index (χ0) is 23.6. The number of aromatic hydroxyl groups is 1. The fourth-order valence-corrected chi connectivity index (χ4v) is 4.49. The van der Waals surface area contributed by atoms with Gasteiger partial charge in [0.1, 0.15) is 5.75 Å². The third kappa shape index (κ3) is 4.30. The lowest BCUT2D eigenvalue weighted by molar-refractivity contribution is 0.475. The Morgan fingerprint density at radius 1 is 0.371 bits per heavy atom. The maximum atomic E-state index is 10.1. The predicted octanol–water partition coefficient (Wildman–Crippen LogP) is 8.61. The van der Waals surface area contributed by atoms with Crippen LogP contribution in [0.5, 0.6) is 5.75 Å². The molecule has 166 valence electrons. The van der Waals surface area contributed by atoms with E-state index in [2.05, 4.69) is 103 Å². The highest BCUT2D eigenvalue weighted by molar-refractivity contribution is 5.88. The molecule has 0 aliphatic heterocycles. The van der Waals surface area contributed by atoms with Gasteiger partial charge in [-0.05, 0) is 63.4 Å². The van der Waals surface area contributed by atoms with E-state index in [0.29, 0.717) is 0 Å². The second-order valence-corrected chi connectivity index (χ2v) is 8.68. The van der Waals surface area contributed by atoms with Crippen molar-refractivity contribution in [3.63, 3.8) is 0 Å². The Hall–Kier alpha value is -4.69. The molecule has 0 atom stereocenters. The van der Waals surface area contributed by atoms with Gasteiger partial charge in [-0.25, -0.2) is 4.98 Å². The first kappa shape index (κ1) is 20.9. The highest BCUT2D eigenvalue weighted by Crippen LogP contribution is 2.33. The lowest BCUT2D eigenvalue weighted by Gasteiger charge is -2.12. The topological polar surface area (TPSA) is 33.1 Å². The summed E-state index contributed by atoms with van der Waals surface area (Å²) in [6, 6.07) is 45.4. The second-order valence-electron chi connectivity index (χ2n) is 8.68. The predicted molar refractivity (Wildman–Crippen MR) is 145 cm³/mol. The van der Waals surface area contributed by atoms with Crippen molar-refractivity contribution < 1.29 is 5.11 Å². The number of hydrogen-bond donors (Lipinski definition) is 1. The summed E-state index contributed by atoms with van der Waals surface area (Å²) in [6.07, 6.45) is 0. The molecule has 2 heteroatoms. The Balaban J connectivity index is 1.48. The van der Waals surface area contributed by atoms with Gasteiger partial charge < -0.3 is 5.11 Å². The molecule has 1 N–H and O–H groups in total. The van der Waals surface area contributed by atoms with Crippen LogP contribution in [-0.2, 0) is 0 Å². The third-order valence-corrected chi connectivity index (χ3v) is 6.34. The number of fused-ring (bicyclic) bond motifs is 1. The molecule has 0 spiro atoms. The minimum absolute atomic E-state index is 0.231. The Kier molecular flexibility index (Phi) is 5.32. The van der Waals surface area contributed by atoms with Gasteiger partial charge in [0, 0.05) is 11.1 Å². The summed E-state index contributed by atoms with van der Waals surface area (Å²) in [7, 11) is 0. The maximum Gasteiger partial charge on any atom is 0.116 e. The van der Waals surface area contributed by atoms with E-state index >= 15 is 0 Å². The summed E-state index contributed by atoms with van der Waals surface area (Å²) in [5.41, 5.74) is 8.27. The number of hydrogen-bond acceptors (Lipinski definition) is 2. The van der Waals surface area contributed by atoms with Crippen LogP contribution in [0.25, 0.3) is 55.5 Å². The molecule has 0 saturated heterocycles. The van der Waals surface area contributed by atoms with Crippen LogP contribution in [0.1, 0.15) is 0 Å². The molecule has 35 heavy (non-hydrogen) atoms. The van der Waals surface area contributed by atoms with Crippen molar-refractivity contribution in [3.05, 3.63) is 133 Å². The highest BCUT2D eigenvalue weighted by Gasteiger charge is 2.10. The Bertz CT molecular complexity index is 1640. The van der Waals surface area contributed by atoms with Crippen LogP contribution in [0, 0.1) is 0 Å². The Labute approximate surface area is 204 Å². The van der Waals surface area contributed by atoms with E-state index in [0.717, 1.165) is 33.6 Å². The average molecular weight is 450 g/mol. The van der Waals surface area contributed by atoms with E-state index in [1.165, 1.54) is 21.9 Å². The summed E-state index contributed by atoms with van der Waals surface area (Å²) in [6.45, 7) is 0. The summed E-state index contributed by atoms with van der Waals surface area (Å²) in [5, 5.41) is 12.5. The summed E-state index contributed by atoms with van der Waals surface area (Å²) >= 11 is 0. The SMILES string of the molecule is Oc1cccc(-c2cc(-c3ccc(-c4ccccc4)cc3)cc(-c3ccc4ccccc4c3)n2)c1. The van der Waals surface area contributed by atoms with E-state index in [9.17, 15) is 5.11 Å². The molecule has 5 aromatic carbocycles. The van der Waals surface area contributed by atoms with E-state index in [-0.39, 0.29) is 5.75 Å². The molecule has 0 unspecified atom stereocenters. The lowest BCUT2D eigenvalue weighted by Crippen LogP contribution is -1.91. The molecule has 1 heterocycles. The summed E-state index contributed by atoms with van der Waals surface area (Å²) in [5.74, 6) is 0.231. The largest absolute Gasteiger partial charge is 0.508 e. The molecule has 2 nitrogen and oxygen atoms in total. The van der Waals surface area contributed by atoms with Gasteiger partial charge in [-0.15, -0.1) is 0 Å². The molecule has 0 amide bonds. The lowest BCUT2D eigenvalue weighted by atomic mass is 9.97. The first-order chi connectivity index (χ1) is 17.2. The van der Waals surface area contributed by atoms with Crippen molar-refractivity contribution in [2.75, 3.05) is 0 Å². The molecule has 0 aliphatic carbocycles. The molecule has 0 fully saturated rings. The Morgan fingerprint density at radius 2 is 0.914 bits per heavy atom. The number of nitrogens with zero attached hydrogens (tertiary/aromatic N) is 1. The number of aromatic nitrogens is 1. The summed E-state index contributed by atoms with van der Waals surface area (Å²) < 4.78 is 0. The van der Waals surface area contributed by atoms with Crippen molar-refractivity contribution in [1.82, 2.24) is 4.98 Å². The van der Waals surface area contributed by atoms with Gasteiger partial charge in [-0.2, -0.15) is 0 Å². The first-order valence-electron chi connectivity index (χ1n) is 11.7. The zero-order valence-corrected chi connectivity index (χ0v) is 19.1. The number of benzene rings is 5. The van der Waals surface area contributed by atoms with Crippen LogP contribution in [0.4, 0.5) is 0 Å². The molecular formula is C33H23NO. The zero-order valence-electron chi connectivity index (χ0n) is 19.1. The van der Waals surface area contributed by atoms with Crippen molar-refractivity contribution in [1.29, 1.82) is 0 Å². The number of rotatable bonds is 4. The Morgan fingerprint density at radius 3 is 1.63 bits per heavy atom. The van der Waals surface area contributed by atoms with Gasteiger partial charge in [0.2, 0.25) is 0 Å². The average Bonchev–Trinajstić information content (AvgIpc) is 2.93. The quantitative estimate of drug-likeness (QED) is 0.292. The highest BCUT2D eigenvalue weighted by atomic mass is 16.3. The standard InChI is InChI=1S/C33H23NO/c35-31-12-6-11-28(20-31)32-21-30(26-15-13-25(14-16-26)23-7-2-1-3-8-23)22-33(34-32)29-18-17-24-9-4-5-10-27(24)19-29/h1-22,35H. The normalized spacial score (nSPS) is 11.0.